The summed E-state index contributed by atoms with van der Waals surface area (Å²) in [5.74, 6) is -1.55. The first kappa shape index (κ1) is 14.5. The van der Waals surface area contributed by atoms with Crippen molar-refractivity contribution in [3.63, 3.8) is 0 Å². The molecule has 0 atom stereocenters. The lowest BCUT2D eigenvalue weighted by Gasteiger charge is -2.09. The van der Waals surface area contributed by atoms with Gasteiger partial charge in [-0.25, -0.2) is 8.78 Å². The van der Waals surface area contributed by atoms with Crippen LogP contribution in [-0.2, 0) is 13.6 Å². The molecule has 0 aliphatic heterocycles. The largest absolute Gasteiger partial charge is 0.448 e. The van der Waals surface area contributed by atoms with Crippen molar-refractivity contribution in [2.24, 2.45) is 7.05 Å². The third kappa shape index (κ3) is 3.54. The molecule has 6 heteroatoms. The van der Waals surface area contributed by atoms with Crippen LogP contribution in [-0.4, -0.2) is 16.3 Å². The normalized spacial score (nSPS) is 10.8. The van der Waals surface area contributed by atoms with Crippen LogP contribution < -0.4 is 10.1 Å². The Morgan fingerprint density at radius 3 is 2.55 bits per heavy atom. The minimum Gasteiger partial charge on any atom is -0.448 e. The van der Waals surface area contributed by atoms with E-state index in [-0.39, 0.29) is 0 Å². The zero-order valence-electron chi connectivity index (χ0n) is 11.5. The SMILES string of the molecule is CCCNCc1cc(F)c(Oc2cnn(C)c2)c(F)c1. The molecule has 0 saturated carbocycles. The molecule has 0 aliphatic carbocycles. The van der Waals surface area contributed by atoms with Crippen LogP contribution in [0, 0.1) is 11.6 Å². The molecule has 1 aromatic carbocycles. The van der Waals surface area contributed by atoms with Crippen molar-refractivity contribution in [1.29, 1.82) is 0 Å². The second-order valence-corrected chi connectivity index (χ2v) is 4.52. The lowest BCUT2D eigenvalue weighted by Crippen LogP contribution is -2.14. The second kappa shape index (κ2) is 6.47. The Hall–Kier alpha value is -1.95. The molecule has 0 saturated heterocycles. The van der Waals surface area contributed by atoms with E-state index in [0.717, 1.165) is 13.0 Å². The quantitative estimate of drug-likeness (QED) is 0.827. The first-order chi connectivity index (χ1) is 9.60. The number of aryl methyl sites for hydroxylation is 1. The van der Waals surface area contributed by atoms with Gasteiger partial charge < -0.3 is 10.1 Å². The maximum atomic E-state index is 13.9. The zero-order chi connectivity index (χ0) is 14.5. The molecule has 2 aromatic rings. The molecule has 0 unspecified atom stereocenters. The molecule has 0 radical (unpaired) electrons. The van der Waals surface area contributed by atoms with Crippen molar-refractivity contribution in [2.75, 3.05) is 6.54 Å². The zero-order valence-corrected chi connectivity index (χ0v) is 11.5. The number of halogens is 2. The van der Waals surface area contributed by atoms with Crippen LogP contribution in [0.3, 0.4) is 0 Å². The monoisotopic (exact) mass is 281 g/mol. The molecule has 0 bridgehead atoms. The number of benzene rings is 1. The fraction of sp³-hybridized carbons (Fsp3) is 0.357. The Bertz CT molecular complexity index is 561. The number of nitrogens with zero attached hydrogens (tertiary/aromatic N) is 2. The van der Waals surface area contributed by atoms with Crippen LogP contribution >= 0.6 is 0 Å². The Morgan fingerprint density at radius 2 is 2.00 bits per heavy atom. The van der Waals surface area contributed by atoms with Crippen molar-refractivity contribution in [3.05, 3.63) is 41.7 Å². The summed E-state index contributed by atoms with van der Waals surface area (Å²) in [6, 6.07) is 2.55. The molecule has 1 heterocycles. The van der Waals surface area contributed by atoms with Crippen molar-refractivity contribution in [2.45, 2.75) is 19.9 Å². The highest BCUT2D eigenvalue weighted by Gasteiger charge is 2.14. The minimum absolute atomic E-state index is 0.294. The van der Waals surface area contributed by atoms with Crippen molar-refractivity contribution >= 4 is 0 Å². The smallest absolute Gasteiger partial charge is 0.198 e. The van der Waals surface area contributed by atoms with E-state index in [2.05, 4.69) is 10.4 Å². The fourth-order valence-electron chi connectivity index (χ4n) is 1.79. The van der Waals surface area contributed by atoms with Gasteiger partial charge in [-0.15, -0.1) is 0 Å². The second-order valence-electron chi connectivity index (χ2n) is 4.52. The van der Waals surface area contributed by atoms with E-state index in [4.69, 9.17) is 4.74 Å². The third-order valence-electron chi connectivity index (χ3n) is 2.72. The number of rotatable bonds is 6. The van der Waals surface area contributed by atoms with Crippen LogP contribution in [0.25, 0.3) is 0 Å². The maximum Gasteiger partial charge on any atom is 0.198 e. The van der Waals surface area contributed by atoms with E-state index in [1.165, 1.54) is 29.2 Å². The van der Waals surface area contributed by atoms with Gasteiger partial charge in [0, 0.05) is 13.6 Å². The number of aromatic nitrogens is 2. The summed E-state index contributed by atoms with van der Waals surface area (Å²) in [6.45, 7) is 3.25. The standard InChI is InChI=1S/C14H17F2N3O/c1-3-4-17-7-10-5-12(15)14(13(16)6-10)20-11-8-18-19(2)9-11/h5-6,8-9,17H,3-4,7H2,1-2H3. The third-order valence-corrected chi connectivity index (χ3v) is 2.72. The number of ether oxygens (including phenoxy) is 1. The fourth-order valence-corrected chi connectivity index (χ4v) is 1.79. The summed E-state index contributed by atoms with van der Waals surface area (Å²) < 4.78 is 34.5. The molecule has 0 fully saturated rings. The van der Waals surface area contributed by atoms with Gasteiger partial charge >= 0.3 is 0 Å². The summed E-state index contributed by atoms with van der Waals surface area (Å²) in [7, 11) is 1.70. The first-order valence-electron chi connectivity index (χ1n) is 6.45. The highest BCUT2D eigenvalue weighted by Crippen LogP contribution is 2.28. The van der Waals surface area contributed by atoms with E-state index in [1.54, 1.807) is 7.05 Å². The molecule has 4 nitrogen and oxygen atoms in total. The molecule has 0 spiro atoms. The van der Waals surface area contributed by atoms with Crippen molar-refractivity contribution < 1.29 is 13.5 Å². The summed E-state index contributed by atoms with van der Waals surface area (Å²) in [4.78, 5) is 0. The highest BCUT2D eigenvalue weighted by molar-refractivity contribution is 5.34. The molecular formula is C14H17F2N3O. The van der Waals surface area contributed by atoms with Gasteiger partial charge in [0.1, 0.15) is 0 Å². The number of nitrogens with one attached hydrogen (secondary N) is 1. The van der Waals surface area contributed by atoms with E-state index >= 15 is 0 Å². The van der Waals surface area contributed by atoms with Gasteiger partial charge in [0.15, 0.2) is 23.1 Å². The summed E-state index contributed by atoms with van der Waals surface area (Å²) in [6.07, 6.45) is 3.90. The average molecular weight is 281 g/mol. The minimum atomic E-state index is -0.720. The molecule has 0 aliphatic rings. The topological polar surface area (TPSA) is 39.1 Å². The Balaban J connectivity index is 2.14. The van der Waals surface area contributed by atoms with E-state index in [9.17, 15) is 8.78 Å². The first-order valence-corrected chi connectivity index (χ1v) is 6.45. The van der Waals surface area contributed by atoms with Crippen LogP contribution in [0.4, 0.5) is 8.78 Å². The molecule has 2 rings (SSSR count). The Morgan fingerprint density at radius 1 is 1.30 bits per heavy atom. The summed E-state index contributed by atoms with van der Waals surface area (Å²) in [5, 5.41) is 6.97. The molecule has 0 amide bonds. The van der Waals surface area contributed by atoms with Crippen molar-refractivity contribution in [3.8, 4) is 11.5 Å². The molecular weight excluding hydrogens is 264 g/mol. The summed E-state index contributed by atoms with van der Waals surface area (Å²) in [5.41, 5.74) is 0.548. The van der Waals surface area contributed by atoms with Gasteiger partial charge in [-0.2, -0.15) is 5.10 Å². The lowest BCUT2D eigenvalue weighted by atomic mass is 10.2. The van der Waals surface area contributed by atoms with Gasteiger partial charge in [0.25, 0.3) is 0 Å². The van der Waals surface area contributed by atoms with Gasteiger partial charge in [-0.3, -0.25) is 4.68 Å². The Labute approximate surface area is 116 Å². The number of hydrogen-bond donors (Lipinski definition) is 1. The average Bonchev–Trinajstić information content (AvgIpc) is 2.80. The predicted molar refractivity (Wildman–Crippen MR) is 71.6 cm³/mol. The molecule has 1 N–H and O–H groups in total. The van der Waals surface area contributed by atoms with Gasteiger partial charge in [-0.05, 0) is 30.7 Å². The molecule has 1 aromatic heterocycles. The summed E-state index contributed by atoms with van der Waals surface area (Å²) >= 11 is 0. The number of hydrogen-bond acceptors (Lipinski definition) is 3. The van der Waals surface area contributed by atoms with Gasteiger partial charge in [0.2, 0.25) is 0 Å². The van der Waals surface area contributed by atoms with E-state index in [1.807, 2.05) is 6.92 Å². The molecule has 108 valence electrons. The maximum absolute atomic E-state index is 13.9. The van der Waals surface area contributed by atoms with Crippen LogP contribution in [0.2, 0.25) is 0 Å². The van der Waals surface area contributed by atoms with Crippen LogP contribution in [0.1, 0.15) is 18.9 Å². The van der Waals surface area contributed by atoms with Gasteiger partial charge in [0.05, 0.1) is 12.4 Å². The highest BCUT2D eigenvalue weighted by atomic mass is 19.1. The molecule has 20 heavy (non-hydrogen) atoms. The lowest BCUT2D eigenvalue weighted by molar-refractivity contribution is 0.406. The van der Waals surface area contributed by atoms with Gasteiger partial charge in [-0.1, -0.05) is 6.92 Å². The Kier molecular flexibility index (Phi) is 4.68. The van der Waals surface area contributed by atoms with Crippen LogP contribution in [0.15, 0.2) is 24.5 Å². The predicted octanol–water partition coefficient (Wildman–Crippen LogP) is 2.99. The van der Waals surface area contributed by atoms with E-state index in [0.29, 0.717) is 17.9 Å². The van der Waals surface area contributed by atoms with E-state index < -0.39 is 17.4 Å². The van der Waals surface area contributed by atoms with Crippen molar-refractivity contribution in [1.82, 2.24) is 15.1 Å². The van der Waals surface area contributed by atoms with Crippen LogP contribution in [0.5, 0.6) is 11.5 Å².